The molecule has 3 aromatic rings. The second-order valence-corrected chi connectivity index (χ2v) is 8.21. The lowest BCUT2D eigenvalue weighted by Gasteiger charge is -2.12. The van der Waals surface area contributed by atoms with E-state index in [0.717, 1.165) is 11.3 Å². The predicted molar refractivity (Wildman–Crippen MR) is 129 cm³/mol. The van der Waals surface area contributed by atoms with Gasteiger partial charge in [0.15, 0.2) is 16.7 Å². The first-order valence-electron chi connectivity index (χ1n) is 10.5. The van der Waals surface area contributed by atoms with Gasteiger partial charge in [0.1, 0.15) is 12.4 Å². The molecular weight excluding hydrogens is 456 g/mol. The number of aromatic carboxylic acids is 1. The minimum atomic E-state index is -1.14. The van der Waals surface area contributed by atoms with E-state index in [1.54, 1.807) is 31.3 Å². The molecule has 2 heterocycles. The SMILES string of the molecule is CCOc1cc(C=C2SC(=Nc3ccccc3)N(C)C2=O)ccc1OCc1ccc(C(=O)O)o1. The van der Waals surface area contributed by atoms with E-state index >= 15 is 0 Å². The summed E-state index contributed by atoms with van der Waals surface area (Å²) < 4.78 is 16.7. The van der Waals surface area contributed by atoms with Crippen molar-refractivity contribution in [3.05, 3.63) is 82.7 Å². The van der Waals surface area contributed by atoms with Crippen LogP contribution in [0.3, 0.4) is 0 Å². The maximum Gasteiger partial charge on any atom is 0.371 e. The van der Waals surface area contributed by atoms with Crippen molar-refractivity contribution in [3.63, 3.8) is 0 Å². The molecule has 0 aliphatic carbocycles. The van der Waals surface area contributed by atoms with Crippen LogP contribution in [0.25, 0.3) is 6.08 Å². The largest absolute Gasteiger partial charge is 0.490 e. The molecule has 1 saturated heterocycles. The van der Waals surface area contributed by atoms with Crippen molar-refractivity contribution in [1.29, 1.82) is 0 Å². The summed E-state index contributed by atoms with van der Waals surface area (Å²) >= 11 is 1.31. The van der Waals surface area contributed by atoms with E-state index in [0.29, 0.717) is 33.9 Å². The van der Waals surface area contributed by atoms with Crippen molar-refractivity contribution in [1.82, 2.24) is 4.90 Å². The number of likely N-dealkylation sites (N-methyl/N-ethyl adjacent to an activating group) is 1. The second-order valence-electron chi connectivity index (χ2n) is 7.20. The van der Waals surface area contributed by atoms with Gasteiger partial charge in [-0.1, -0.05) is 24.3 Å². The summed E-state index contributed by atoms with van der Waals surface area (Å²) in [7, 11) is 1.70. The average Bonchev–Trinajstić information content (AvgIpc) is 3.41. The molecule has 1 amide bonds. The number of amides is 1. The number of benzene rings is 2. The van der Waals surface area contributed by atoms with E-state index in [9.17, 15) is 9.59 Å². The summed E-state index contributed by atoms with van der Waals surface area (Å²) in [5, 5.41) is 9.58. The van der Waals surface area contributed by atoms with Crippen LogP contribution in [-0.2, 0) is 11.4 Å². The highest BCUT2D eigenvalue weighted by Gasteiger charge is 2.30. The first-order valence-corrected chi connectivity index (χ1v) is 11.3. The first-order chi connectivity index (χ1) is 16.4. The summed E-state index contributed by atoms with van der Waals surface area (Å²) in [6.07, 6.45) is 1.79. The maximum atomic E-state index is 12.7. The third-order valence-corrected chi connectivity index (χ3v) is 5.85. The van der Waals surface area contributed by atoms with Crippen molar-refractivity contribution in [2.24, 2.45) is 4.99 Å². The van der Waals surface area contributed by atoms with Gasteiger partial charge in [0.2, 0.25) is 5.76 Å². The number of hydrogen-bond acceptors (Lipinski definition) is 7. The van der Waals surface area contributed by atoms with Crippen molar-refractivity contribution < 1.29 is 28.6 Å². The molecule has 0 spiro atoms. The molecule has 1 aliphatic rings. The van der Waals surface area contributed by atoms with Crippen LogP contribution in [0, 0.1) is 0 Å². The normalized spacial score (nSPS) is 15.8. The van der Waals surface area contributed by atoms with E-state index in [4.69, 9.17) is 19.0 Å². The fraction of sp³-hybridized carbons (Fsp3) is 0.160. The lowest BCUT2D eigenvalue weighted by Crippen LogP contribution is -2.23. The number of amidine groups is 1. The quantitative estimate of drug-likeness (QED) is 0.445. The molecule has 1 N–H and O–H groups in total. The molecule has 1 fully saturated rings. The smallest absolute Gasteiger partial charge is 0.371 e. The molecule has 0 saturated carbocycles. The Balaban J connectivity index is 1.52. The number of rotatable bonds is 8. The van der Waals surface area contributed by atoms with Gasteiger partial charge in [-0.25, -0.2) is 9.79 Å². The molecule has 174 valence electrons. The lowest BCUT2D eigenvalue weighted by molar-refractivity contribution is -0.121. The van der Waals surface area contributed by atoms with Gasteiger partial charge in [-0.05, 0) is 66.7 Å². The molecule has 9 heteroatoms. The third-order valence-electron chi connectivity index (χ3n) is 4.79. The number of nitrogens with zero attached hydrogens (tertiary/aromatic N) is 2. The Morgan fingerprint density at radius 2 is 1.91 bits per heavy atom. The maximum absolute atomic E-state index is 12.7. The van der Waals surface area contributed by atoms with Crippen LogP contribution in [0.4, 0.5) is 5.69 Å². The number of carboxylic acid groups (broad SMARTS) is 1. The summed E-state index contributed by atoms with van der Waals surface area (Å²) in [6, 6.07) is 17.7. The van der Waals surface area contributed by atoms with Gasteiger partial charge in [0, 0.05) is 7.05 Å². The summed E-state index contributed by atoms with van der Waals surface area (Å²) in [5.74, 6) is -0.0580. The second kappa shape index (κ2) is 10.3. The number of para-hydroxylation sites is 1. The number of carbonyl (C=O) groups excluding carboxylic acids is 1. The number of aliphatic imine (C=N–C) groups is 1. The zero-order valence-electron chi connectivity index (χ0n) is 18.6. The number of carboxylic acids is 1. The van der Waals surface area contributed by atoms with Crippen LogP contribution < -0.4 is 9.47 Å². The van der Waals surface area contributed by atoms with E-state index < -0.39 is 5.97 Å². The summed E-state index contributed by atoms with van der Waals surface area (Å²) in [5.41, 5.74) is 1.55. The van der Waals surface area contributed by atoms with Crippen LogP contribution in [0.15, 0.2) is 75.0 Å². The molecule has 34 heavy (non-hydrogen) atoms. The minimum absolute atomic E-state index is 0.0479. The van der Waals surface area contributed by atoms with Gasteiger partial charge < -0.3 is 19.0 Å². The number of furan rings is 1. The van der Waals surface area contributed by atoms with Gasteiger partial charge in [0.25, 0.3) is 5.91 Å². The lowest BCUT2D eigenvalue weighted by atomic mass is 10.2. The molecule has 1 aromatic heterocycles. The van der Waals surface area contributed by atoms with Crippen molar-refractivity contribution >= 4 is 40.6 Å². The van der Waals surface area contributed by atoms with E-state index in [1.165, 1.54) is 22.7 Å². The van der Waals surface area contributed by atoms with Crippen LogP contribution in [0.1, 0.15) is 28.8 Å². The minimum Gasteiger partial charge on any atom is -0.490 e. The van der Waals surface area contributed by atoms with Crippen molar-refractivity contribution in [2.75, 3.05) is 13.7 Å². The highest BCUT2D eigenvalue weighted by atomic mass is 32.2. The number of hydrogen-bond donors (Lipinski definition) is 1. The van der Waals surface area contributed by atoms with E-state index in [-0.39, 0.29) is 18.3 Å². The Labute approximate surface area is 200 Å². The molecule has 0 atom stereocenters. The Morgan fingerprint density at radius 3 is 2.62 bits per heavy atom. The molecular formula is C25H22N2O6S. The van der Waals surface area contributed by atoms with Gasteiger partial charge in [0.05, 0.1) is 17.2 Å². The van der Waals surface area contributed by atoms with Gasteiger partial charge >= 0.3 is 5.97 Å². The zero-order chi connectivity index (χ0) is 24.1. The topological polar surface area (TPSA) is 102 Å². The monoisotopic (exact) mass is 478 g/mol. The number of ether oxygens (including phenoxy) is 2. The van der Waals surface area contributed by atoms with Crippen molar-refractivity contribution in [3.8, 4) is 11.5 Å². The van der Waals surface area contributed by atoms with Crippen LogP contribution in [0.2, 0.25) is 0 Å². The Kier molecular flexibility index (Phi) is 7.03. The standard InChI is InChI=1S/C25H22N2O6S/c1-3-31-21-13-16(9-11-19(21)32-15-18-10-12-20(33-18)24(29)30)14-22-23(28)27(2)25(34-22)26-17-7-5-4-6-8-17/h4-14H,3,15H2,1-2H3,(H,29,30). The van der Waals surface area contributed by atoms with Crippen molar-refractivity contribution in [2.45, 2.75) is 13.5 Å². The highest BCUT2D eigenvalue weighted by molar-refractivity contribution is 8.18. The van der Waals surface area contributed by atoms with Gasteiger partial charge in [-0.2, -0.15) is 0 Å². The zero-order valence-corrected chi connectivity index (χ0v) is 19.4. The molecule has 4 rings (SSSR count). The highest BCUT2D eigenvalue weighted by Crippen LogP contribution is 2.35. The summed E-state index contributed by atoms with van der Waals surface area (Å²) in [4.78, 5) is 30.3. The molecule has 0 radical (unpaired) electrons. The average molecular weight is 479 g/mol. The van der Waals surface area contributed by atoms with Crippen LogP contribution in [-0.4, -0.2) is 40.7 Å². The Bertz CT molecular complexity index is 1270. The Morgan fingerprint density at radius 1 is 1.12 bits per heavy atom. The first kappa shape index (κ1) is 23.2. The number of thioether (sulfide) groups is 1. The van der Waals surface area contributed by atoms with Gasteiger partial charge in [-0.3, -0.25) is 9.69 Å². The van der Waals surface area contributed by atoms with Crippen LogP contribution >= 0.6 is 11.8 Å². The molecule has 2 aromatic carbocycles. The Hall–Kier alpha value is -3.98. The molecule has 0 unspecified atom stereocenters. The molecule has 1 aliphatic heterocycles. The van der Waals surface area contributed by atoms with Crippen LogP contribution in [0.5, 0.6) is 11.5 Å². The molecule has 8 nitrogen and oxygen atoms in total. The molecule has 0 bridgehead atoms. The summed E-state index contributed by atoms with van der Waals surface area (Å²) in [6.45, 7) is 2.33. The third kappa shape index (κ3) is 5.32. The van der Waals surface area contributed by atoms with E-state index in [1.807, 2.05) is 43.3 Å². The predicted octanol–water partition coefficient (Wildman–Crippen LogP) is 5.19. The number of carbonyl (C=O) groups is 2. The van der Waals surface area contributed by atoms with E-state index in [2.05, 4.69) is 4.99 Å². The fourth-order valence-corrected chi connectivity index (χ4v) is 4.12. The van der Waals surface area contributed by atoms with Gasteiger partial charge in [-0.15, -0.1) is 0 Å². The fourth-order valence-electron chi connectivity index (χ4n) is 3.14.